The van der Waals surface area contributed by atoms with E-state index < -0.39 is 27.8 Å². The van der Waals surface area contributed by atoms with Crippen LogP contribution in [0.2, 0.25) is 0 Å². The Morgan fingerprint density at radius 2 is 2.00 bits per heavy atom. The molecule has 0 fully saturated rings. The summed E-state index contributed by atoms with van der Waals surface area (Å²) >= 11 is 2.11. The number of fused-ring (bicyclic) bond motifs is 2. The highest BCUT2D eigenvalue weighted by molar-refractivity contribution is 7.90. The third kappa shape index (κ3) is 8.30. The second-order valence-electron chi connectivity index (χ2n) is 11.5. The number of amides is 3. The van der Waals surface area contributed by atoms with Crippen LogP contribution >= 0.6 is 22.9 Å². The van der Waals surface area contributed by atoms with E-state index >= 15 is 0 Å². The Bertz CT molecular complexity index is 2240. The van der Waals surface area contributed by atoms with E-state index in [4.69, 9.17) is 15.9 Å². The SMILES string of the molecule is C#CCN1C(=O)COc2cc(F)c(N=c3snc4n3CC(C)(C)C4)cc21.COC(=O)c1sccc1S(=O)(=O)NC(=O)Nc1nc(C)nc(OC)n1. The Morgan fingerprint density at radius 1 is 1.24 bits per heavy atom. The van der Waals surface area contributed by atoms with Gasteiger partial charge in [0.2, 0.25) is 10.7 Å². The quantitative estimate of drug-likeness (QED) is 0.206. The highest BCUT2D eigenvalue weighted by Gasteiger charge is 2.31. The van der Waals surface area contributed by atoms with E-state index in [0.29, 0.717) is 16.2 Å². The second kappa shape index (κ2) is 14.8. The summed E-state index contributed by atoms with van der Waals surface area (Å²) in [5, 5.41) is 3.54. The monoisotopic (exact) mass is 759 g/mol. The van der Waals surface area contributed by atoms with E-state index in [1.54, 1.807) is 4.72 Å². The molecule has 4 aromatic rings. The number of methoxy groups -OCH3 is 2. The van der Waals surface area contributed by atoms with Crippen molar-refractivity contribution in [2.45, 2.75) is 38.6 Å². The Kier molecular flexibility index (Phi) is 10.7. The summed E-state index contributed by atoms with van der Waals surface area (Å²) in [7, 11) is -1.86. The van der Waals surface area contributed by atoms with Crippen LogP contribution in [0.4, 0.5) is 26.5 Å². The number of nitrogens with one attached hydrogen (secondary N) is 2. The molecule has 0 unspecified atom stereocenters. The number of aryl methyl sites for hydroxylation is 1. The minimum atomic E-state index is -4.30. The van der Waals surface area contributed by atoms with Crippen molar-refractivity contribution in [1.82, 2.24) is 28.6 Å². The molecule has 0 atom stereocenters. The van der Waals surface area contributed by atoms with Crippen molar-refractivity contribution in [3.8, 4) is 24.1 Å². The molecule has 6 rings (SSSR count). The fourth-order valence-electron chi connectivity index (χ4n) is 4.91. The lowest BCUT2D eigenvalue weighted by Gasteiger charge is -2.28. The topological polar surface area (TPSA) is 209 Å². The highest BCUT2D eigenvalue weighted by Crippen LogP contribution is 2.37. The number of halogens is 1. The van der Waals surface area contributed by atoms with Gasteiger partial charge in [0, 0.05) is 30.6 Å². The smallest absolute Gasteiger partial charge is 0.349 e. The van der Waals surface area contributed by atoms with E-state index in [0.717, 1.165) is 37.2 Å². The Hall–Kier alpha value is -5.46. The number of aromatic nitrogens is 5. The Morgan fingerprint density at radius 3 is 2.71 bits per heavy atom. The molecule has 0 aliphatic carbocycles. The molecule has 3 amide bonds. The summed E-state index contributed by atoms with van der Waals surface area (Å²) in [6, 6.07) is 2.78. The van der Waals surface area contributed by atoms with Crippen LogP contribution in [-0.4, -0.2) is 77.6 Å². The number of anilines is 2. The first-order chi connectivity index (χ1) is 24.1. The Balaban J connectivity index is 0.000000198. The number of carbonyl (C=O) groups excluding carboxylic acids is 3. The number of carbonyl (C=O) groups is 3. The lowest BCUT2D eigenvalue weighted by atomic mass is 9.92. The molecule has 0 bridgehead atoms. The number of ether oxygens (including phenoxy) is 3. The van der Waals surface area contributed by atoms with E-state index in [-0.39, 0.29) is 57.7 Å². The normalized spacial score (nSPS) is 14.6. The average molecular weight is 760 g/mol. The predicted octanol–water partition coefficient (Wildman–Crippen LogP) is 2.80. The summed E-state index contributed by atoms with van der Waals surface area (Å²) in [6.45, 7) is 6.59. The van der Waals surface area contributed by atoms with E-state index in [9.17, 15) is 27.2 Å². The van der Waals surface area contributed by atoms with Crippen molar-refractivity contribution in [2.24, 2.45) is 10.4 Å². The number of esters is 1. The van der Waals surface area contributed by atoms with Gasteiger partial charge in [-0.1, -0.05) is 19.8 Å². The van der Waals surface area contributed by atoms with Crippen LogP contribution in [0.5, 0.6) is 11.8 Å². The molecule has 0 radical (unpaired) electrons. The first kappa shape index (κ1) is 36.8. The van der Waals surface area contributed by atoms with Gasteiger partial charge in [0.25, 0.3) is 15.9 Å². The van der Waals surface area contributed by atoms with Gasteiger partial charge in [0.15, 0.2) is 12.4 Å². The lowest BCUT2D eigenvalue weighted by molar-refractivity contribution is -0.121. The molecule has 17 nitrogen and oxygen atoms in total. The third-order valence-corrected chi connectivity index (χ3v) is 10.3. The molecule has 2 aliphatic rings. The zero-order valence-electron chi connectivity index (χ0n) is 27.7. The van der Waals surface area contributed by atoms with Gasteiger partial charge in [-0.3, -0.25) is 15.0 Å². The number of hydrogen-bond acceptors (Lipinski definition) is 15. The van der Waals surface area contributed by atoms with Gasteiger partial charge >= 0.3 is 18.0 Å². The van der Waals surface area contributed by atoms with Crippen molar-refractivity contribution < 1.29 is 41.4 Å². The zero-order valence-corrected chi connectivity index (χ0v) is 30.2. The fourth-order valence-corrected chi connectivity index (χ4v) is 7.91. The van der Waals surface area contributed by atoms with Gasteiger partial charge in [-0.25, -0.2) is 32.1 Å². The molecule has 1 aromatic carbocycles. The van der Waals surface area contributed by atoms with Gasteiger partial charge in [-0.15, -0.1) is 17.8 Å². The maximum Gasteiger partial charge on any atom is 0.349 e. The molecule has 0 saturated heterocycles. The lowest BCUT2D eigenvalue weighted by Crippen LogP contribution is -2.39. The number of thiophene rings is 1. The molecule has 51 heavy (non-hydrogen) atoms. The maximum atomic E-state index is 14.5. The van der Waals surface area contributed by atoms with Crippen molar-refractivity contribution in [2.75, 3.05) is 37.6 Å². The number of hydrogen-bond donors (Lipinski definition) is 2. The first-order valence-electron chi connectivity index (χ1n) is 14.7. The van der Waals surface area contributed by atoms with Crippen molar-refractivity contribution in [1.29, 1.82) is 0 Å². The van der Waals surface area contributed by atoms with Crippen molar-refractivity contribution in [3.63, 3.8) is 0 Å². The first-order valence-corrected chi connectivity index (χ1v) is 17.8. The molecule has 2 N–H and O–H groups in total. The van der Waals surface area contributed by atoms with Crippen LogP contribution < -0.4 is 29.2 Å². The van der Waals surface area contributed by atoms with Crippen LogP contribution in [0.3, 0.4) is 0 Å². The van der Waals surface area contributed by atoms with Crippen LogP contribution in [-0.2, 0) is 32.5 Å². The summed E-state index contributed by atoms with van der Waals surface area (Å²) < 4.78 is 62.0. The number of benzene rings is 1. The summed E-state index contributed by atoms with van der Waals surface area (Å²) in [5.74, 6) is 2.16. The van der Waals surface area contributed by atoms with Gasteiger partial charge in [-0.2, -0.15) is 19.3 Å². The Labute approximate surface area is 298 Å². The minimum absolute atomic E-state index is 0.0449. The highest BCUT2D eigenvalue weighted by atomic mass is 32.2. The summed E-state index contributed by atoms with van der Waals surface area (Å²) in [6.07, 6.45) is 6.22. The zero-order chi connectivity index (χ0) is 37.1. The predicted molar refractivity (Wildman–Crippen MR) is 182 cm³/mol. The van der Waals surface area contributed by atoms with Crippen molar-refractivity contribution >= 4 is 68.1 Å². The molecule has 2 aliphatic heterocycles. The average Bonchev–Trinajstić information content (AvgIpc) is 3.78. The van der Waals surface area contributed by atoms with Crippen LogP contribution in [0, 0.1) is 30.5 Å². The summed E-state index contributed by atoms with van der Waals surface area (Å²) in [4.78, 5) is 53.0. The summed E-state index contributed by atoms with van der Waals surface area (Å²) in [5.41, 5.74) is 0.678. The minimum Gasteiger partial charge on any atom is -0.481 e. The molecular weight excluding hydrogens is 730 g/mol. The number of rotatable bonds is 7. The van der Waals surface area contributed by atoms with Gasteiger partial charge in [0.05, 0.1) is 26.5 Å². The third-order valence-electron chi connectivity index (χ3n) is 7.09. The second-order valence-corrected chi connectivity index (χ2v) is 14.8. The largest absolute Gasteiger partial charge is 0.481 e. The van der Waals surface area contributed by atoms with E-state index in [2.05, 4.69) is 54.1 Å². The van der Waals surface area contributed by atoms with Gasteiger partial charge in [0.1, 0.15) is 32.9 Å². The number of terminal acetylenes is 1. The van der Waals surface area contributed by atoms with Gasteiger partial charge in [-0.05, 0) is 29.9 Å². The van der Waals surface area contributed by atoms with Crippen LogP contribution in [0.15, 0.2) is 33.5 Å². The van der Waals surface area contributed by atoms with E-state index in [1.165, 1.54) is 54.0 Å². The standard InChI is InChI=1S/C18H17FN4O2S.C12H13N5O6S2/c1-4-5-22-13-7-12(11(19)6-14(13)25-9-16(22)24)20-17-23-10-18(2,3)8-15(23)21-26-17;1-6-13-10(16-12(14-6)23-3)15-11(19)17-25(20,21)7-4-5-24-8(7)9(18)22-2/h1,6-7H,5,8-10H2,2-3H3;4-5H,1-3H3,(H2,13,14,15,16,17,19). The number of urea groups is 1. The molecule has 3 aromatic heterocycles. The van der Waals surface area contributed by atoms with E-state index in [1.807, 2.05) is 4.57 Å². The molecule has 268 valence electrons. The van der Waals surface area contributed by atoms with Gasteiger partial charge < -0.3 is 18.8 Å². The molecule has 21 heteroatoms. The molecule has 0 spiro atoms. The fraction of sp³-hybridized carbons (Fsp3) is 0.333. The molecular formula is C30H30FN9O8S3. The van der Waals surface area contributed by atoms with Crippen LogP contribution in [0.1, 0.15) is 35.2 Å². The van der Waals surface area contributed by atoms with Crippen LogP contribution in [0.25, 0.3) is 0 Å². The molecule has 5 heterocycles. The number of sulfonamides is 1. The maximum absolute atomic E-state index is 14.5. The van der Waals surface area contributed by atoms with Crippen molar-refractivity contribution in [3.05, 3.63) is 50.7 Å². The molecule has 0 saturated carbocycles. The number of nitrogens with zero attached hydrogens (tertiary/aromatic N) is 7.